The predicted octanol–water partition coefficient (Wildman–Crippen LogP) is 2.77. The summed E-state index contributed by atoms with van der Waals surface area (Å²) in [6.45, 7) is 2.77. The number of rotatable bonds is 4. The first-order chi connectivity index (χ1) is 8.20. The molecule has 2 atom stereocenters. The Morgan fingerprint density at radius 2 is 2.41 bits per heavy atom. The van der Waals surface area contributed by atoms with E-state index in [1.807, 2.05) is 12.1 Å². The number of hydrogen-bond donors (Lipinski definition) is 0. The number of carbonyl (C=O) groups is 1. The summed E-state index contributed by atoms with van der Waals surface area (Å²) >= 11 is 3.33. The maximum atomic E-state index is 12.1. The Bertz CT molecular complexity index is 391. The molecule has 17 heavy (non-hydrogen) atoms. The van der Waals surface area contributed by atoms with Gasteiger partial charge in [-0.05, 0) is 40.9 Å². The van der Waals surface area contributed by atoms with Crippen molar-refractivity contribution in [2.24, 2.45) is 5.92 Å². The lowest BCUT2D eigenvalue weighted by molar-refractivity contribution is -0.123. The van der Waals surface area contributed by atoms with Crippen LogP contribution in [0.1, 0.15) is 25.5 Å². The van der Waals surface area contributed by atoms with Gasteiger partial charge in [0.15, 0.2) is 0 Å². The van der Waals surface area contributed by atoms with Crippen LogP contribution in [0.15, 0.2) is 22.8 Å². The molecule has 1 aliphatic rings. The van der Waals surface area contributed by atoms with Gasteiger partial charge in [0.05, 0.1) is 6.10 Å². The first-order valence-electron chi connectivity index (χ1n) is 5.95. The molecule has 0 aromatic carbocycles. The molecule has 2 rings (SSSR count). The summed E-state index contributed by atoms with van der Waals surface area (Å²) in [5, 5.41) is 0. The number of ether oxygens (including phenoxy) is 1. The monoisotopic (exact) mass is 297 g/mol. The molecule has 1 aliphatic heterocycles. The molecule has 2 unspecified atom stereocenters. The molecule has 1 saturated heterocycles. The Hall–Kier alpha value is -0.740. The molecule has 0 radical (unpaired) electrons. The number of nitrogens with zero attached hydrogens (tertiary/aromatic N) is 1. The Balaban J connectivity index is 1.99. The minimum absolute atomic E-state index is 0.0606. The van der Waals surface area contributed by atoms with Gasteiger partial charge in [-0.1, -0.05) is 6.92 Å². The normalized spacial score (nSPS) is 23.9. The molecule has 1 fully saturated rings. The zero-order valence-corrected chi connectivity index (χ0v) is 11.4. The Kier molecular flexibility index (Phi) is 4.29. The molecule has 0 N–H and O–H groups in total. The summed E-state index contributed by atoms with van der Waals surface area (Å²) in [6, 6.07) is 3.80. The second-order valence-corrected chi connectivity index (χ2v) is 5.24. The zero-order chi connectivity index (χ0) is 12.3. The second-order valence-electron chi connectivity index (χ2n) is 4.32. The van der Waals surface area contributed by atoms with Gasteiger partial charge in [-0.25, -0.2) is 0 Å². The van der Waals surface area contributed by atoms with Crippen molar-refractivity contribution in [1.82, 2.24) is 4.98 Å². The molecule has 92 valence electrons. The van der Waals surface area contributed by atoms with E-state index in [2.05, 4.69) is 27.8 Å². The lowest BCUT2D eigenvalue weighted by Gasteiger charge is -2.15. The van der Waals surface area contributed by atoms with Crippen molar-refractivity contribution in [3.63, 3.8) is 0 Å². The quantitative estimate of drug-likeness (QED) is 0.858. The number of carbonyl (C=O) groups excluding carboxylic acids is 1. The van der Waals surface area contributed by atoms with Gasteiger partial charge < -0.3 is 4.74 Å². The minimum Gasteiger partial charge on any atom is -0.377 e. The molecule has 0 spiro atoms. The number of aromatic nitrogens is 1. The molecule has 1 aromatic heterocycles. The van der Waals surface area contributed by atoms with E-state index in [-0.39, 0.29) is 17.8 Å². The third kappa shape index (κ3) is 3.13. The summed E-state index contributed by atoms with van der Waals surface area (Å²) < 4.78 is 6.48. The fourth-order valence-electron chi connectivity index (χ4n) is 2.24. The molecule has 0 bridgehead atoms. The van der Waals surface area contributed by atoms with Gasteiger partial charge in [0.25, 0.3) is 0 Å². The first kappa shape index (κ1) is 12.7. The highest BCUT2D eigenvalue weighted by atomic mass is 79.9. The average Bonchev–Trinajstić information content (AvgIpc) is 2.80. The topological polar surface area (TPSA) is 39.2 Å². The van der Waals surface area contributed by atoms with Crippen molar-refractivity contribution in [3.05, 3.63) is 28.5 Å². The number of pyridine rings is 1. The molecule has 0 saturated carbocycles. The van der Waals surface area contributed by atoms with E-state index in [9.17, 15) is 4.79 Å². The highest BCUT2D eigenvalue weighted by Gasteiger charge is 2.32. The van der Waals surface area contributed by atoms with Crippen LogP contribution in [0.4, 0.5) is 0 Å². The van der Waals surface area contributed by atoms with Crippen LogP contribution in [-0.4, -0.2) is 23.5 Å². The summed E-state index contributed by atoms with van der Waals surface area (Å²) in [6.07, 6.45) is 4.01. The standard InChI is InChI=1S/C13H16BrNO2/c1-2-13-11(5-6-17-13)12(16)7-10-4-3-9(14)8-15-10/h3-4,8,11,13H,2,5-7H2,1H3. The van der Waals surface area contributed by atoms with Crippen LogP contribution in [0.25, 0.3) is 0 Å². The fourth-order valence-corrected chi connectivity index (χ4v) is 2.47. The fraction of sp³-hybridized carbons (Fsp3) is 0.538. The van der Waals surface area contributed by atoms with E-state index >= 15 is 0 Å². The minimum atomic E-state index is 0.0606. The van der Waals surface area contributed by atoms with E-state index in [0.717, 1.165) is 23.0 Å². The van der Waals surface area contributed by atoms with Gasteiger partial charge >= 0.3 is 0 Å². The van der Waals surface area contributed by atoms with Gasteiger partial charge in [0.2, 0.25) is 0 Å². The highest BCUT2D eigenvalue weighted by molar-refractivity contribution is 9.10. The van der Waals surface area contributed by atoms with Crippen molar-refractivity contribution >= 4 is 21.7 Å². The molecule has 3 nitrogen and oxygen atoms in total. The van der Waals surface area contributed by atoms with Crippen molar-refractivity contribution in [3.8, 4) is 0 Å². The van der Waals surface area contributed by atoms with Gasteiger partial charge in [-0.3, -0.25) is 9.78 Å². The van der Waals surface area contributed by atoms with Crippen molar-refractivity contribution in [2.75, 3.05) is 6.61 Å². The summed E-state index contributed by atoms with van der Waals surface area (Å²) in [5.41, 5.74) is 0.833. The summed E-state index contributed by atoms with van der Waals surface area (Å²) in [7, 11) is 0. The maximum absolute atomic E-state index is 12.1. The molecular formula is C13H16BrNO2. The average molecular weight is 298 g/mol. The van der Waals surface area contributed by atoms with Crippen LogP contribution in [0, 0.1) is 5.92 Å². The molecule has 0 amide bonds. The SMILES string of the molecule is CCC1OCCC1C(=O)Cc1ccc(Br)cn1. The van der Waals surface area contributed by atoms with Crippen LogP contribution in [0.3, 0.4) is 0 Å². The second kappa shape index (κ2) is 5.74. The number of Topliss-reactive ketones (excluding diaryl/α,β-unsaturated/α-hetero) is 1. The van der Waals surface area contributed by atoms with Gasteiger partial charge in [0.1, 0.15) is 5.78 Å². The van der Waals surface area contributed by atoms with Gasteiger partial charge in [-0.15, -0.1) is 0 Å². The molecule has 4 heteroatoms. The highest BCUT2D eigenvalue weighted by Crippen LogP contribution is 2.25. The van der Waals surface area contributed by atoms with Crippen LogP contribution in [0.5, 0.6) is 0 Å². The number of ketones is 1. The lowest BCUT2D eigenvalue weighted by Crippen LogP contribution is -2.25. The third-order valence-corrected chi connectivity index (χ3v) is 3.64. The summed E-state index contributed by atoms with van der Waals surface area (Å²) in [4.78, 5) is 16.4. The van der Waals surface area contributed by atoms with E-state index in [0.29, 0.717) is 13.0 Å². The Morgan fingerprint density at radius 1 is 1.59 bits per heavy atom. The van der Waals surface area contributed by atoms with E-state index in [1.54, 1.807) is 6.20 Å². The molecule has 1 aromatic rings. The Labute approximate surface area is 110 Å². The zero-order valence-electron chi connectivity index (χ0n) is 9.86. The van der Waals surface area contributed by atoms with Crippen LogP contribution >= 0.6 is 15.9 Å². The lowest BCUT2D eigenvalue weighted by atomic mass is 9.92. The van der Waals surface area contributed by atoms with E-state index in [4.69, 9.17) is 4.74 Å². The Morgan fingerprint density at radius 3 is 3.06 bits per heavy atom. The van der Waals surface area contributed by atoms with Crippen LogP contribution in [-0.2, 0) is 16.0 Å². The van der Waals surface area contributed by atoms with Crippen LogP contribution in [0.2, 0.25) is 0 Å². The third-order valence-electron chi connectivity index (χ3n) is 3.17. The molecule has 2 heterocycles. The van der Waals surface area contributed by atoms with E-state index < -0.39 is 0 Å². The van der Waals surface area contributed by atoms with Crippen molar-refractivity contribution in [2.45, 2.75) is 32.3 Å². The van der Waals surface area contributed by atoms with Crippen LogP contribution < -0.4 is 0 Å². The predicted molar refractivity (Wildman–Crippen MR) is 68.8 cm³/mol. The number of hydrogen-bond acceptors (Lipinski definition) is 3. The summed E-state index contributed by atoms with van der Waals surface area (Å²) in [5.74, 6) is 0.314. The first-order valence-corrected chi connectivity index (χ1v) is 6.74. The smallest absolute Gasteiger partial charge is 0.144 e. The molecular weight excluding hydrogens is 282 g/mol. The number of halogens is 1. The van der Waals surface area contributed by atoms with E-state index in [1.165, 1.54) is 0 Å². The van der Waals surface area contributed by atoms with Gasteiger partial charge in [-0.2, -0.15) is 0 Å². The van der Waals surface area contributed by atoms with Gasteiger partial charge in [0, 0.05) is 35.3 Å². The van der Waals surface area contributed by atoms with Crippen molar-refractivity contribution in [1.29, 1.82) is 0 Å². The maximum Gasteiger partial charge on any atom is 0.144 e. The molecule has 0 aliphatic carbocycles. The van der Waals surface area contributed by atoms with Crippen molar-refractivity contribution < 1.29 is 9.53 Å². The largest absolute Gasteiger partial charge is 0.377 e.